The van der Waals surface area contributed by atoms with Gasteiger partial charge in [0.1, 0.15) is 0 Å². The molecule has 0 atom stereocenters. The third kappa shape index (κ3) is 2.19. The van der Waals surface area contributed by atoms with Gasteiger partial charge < -0.3 is 15.2 Å². The molecule has 0 aliphatic rings. The molecule has 2 aromatic rings. The number of nitrogens with one attached hydrogen (secondary N) is 1. The highest BCUT2D eigenvalue weighted by Crippen LogP contribution is 2.16. The minimum atomic E-state index is -0.0712. The van der Waals surface area contributed by atoms with Crippen LogP contribution in [0.5, 0.6) is 0 Å². The standard InChI is InChI=1S/C12H15NO2/c14-7-9(8-15)5-11-6-10-3-1-2-4-12(10)13-11/h1-4,6,9,13-15H,5,7-8H2. The molecule has 1 aromatic heterocycles. The van der Waals surface area contributed by atoms with Gasteiger partial charge in [-0.2, -0.15) is 0 Å². The Labute approximate surface area is 88.4 Å². The molecular formula is C12H15NO2. The van der Waals surface area contributed by atoms with Crippen molar-refractivity contribution in [2.75, 3.05) is 13.2 Å². The Hall–Kier alpha value is -1.32. The third-order valence-electron chi connectivity index (χ3n) is 2.61. The molecule has 3 nitrogen and oxygen atoms in total. The van der Waals surface area contributed by atoms with Crippen LogP contribution in [0.3, 0.4) is 0 Å². The number of benzene rings is 1. The normalized spacial score (nSPS) is 11.4. The second-order valence-electron chi connectivity index (χ2n) is 3.82. The minimum Gasteiger partial charge on any atom is -0.396 e. The first kappa shape index (κ1) is 10.2. The fourth-order valence-electron chi connectivity index (χ4n) is 1.74. The first-order valence-electron chi connectivity index (χ1n) is 5.12. The molecule has 15 heavy (non-hydrogen) atoms. The zero-order valence-corrected chi connectivity index (χ0v) is 8.48. The van der Waals surface area contributed by atoms with E-state index in [4.69, 9.17) is 10.2 Å². The SMILES string of the molecule is OCC(CO)Cc1cc2ccccc2[nH]1. The van der Waals surface area contributed by atoms with Crippen molar-refractivity contribution in [1.29, 1.82) is 0 Å². The first-order chi connectivity index (χ1) is 7.33. The lowest BCUT2D eigenvalue weighted by atomic mass is 10.1. The van der Waals surface area contributed by atoms with Crippen molar-refractivity contribution in [3.05, 3.63) is 36.0 Å². The van der Waals surface area contributed by atoms with Crippen LogP contribution in [-0.2, 0) is 6.42 Å². The van der Waals surface area contributed by atoms with Gasteiger partial charge in [0.2, 0.25) is 0 Å². The molecule has 0 unspecified atom stereocenters. The predicted octanol–water partition coefficient (Wildman–Crippen LogP) is 1.31. The number of aliphatic hydroxyl groups excluding tert-OH is 2. The van der Waals surface area contributed by atoms with Crippen LogP contribution in [0.4, 0.5) is 0 Å². The Morgan fingerprint density at radius 2 is 1.87 bits per heavy atom. The summed E-state index contributed by atoms with van der Waals surface area (Å²) < 4.78 is 0. The van der Waals surface area contributed by atoms with E-state index in [1.165, 1.54) is 5.39 Å². The minimum absolute atomic E-state index is 0.0197. The van der Waals surface area contributed by atoms with Gasteiger partial charge in [-0.05, 0) is 23.9 Å². The molecule has 0 saturated carbocycles. The monoisotopic (exact) mass is 205 g/mol. The lowest BCUT2D eigenvalue weighted by molar-refractivity contribution is 0.149. The van der Waals surface area contributed by atoms with Crippen molar-refractivity contribution >= 4 is 10.9 Å². The van der Waals surface area contributed by atoms with E-state index in [1.54, 1.807) is 0 Å². The number of aromatic nitrogens is 1. The molecule has 1 aromatic carbocycles. The van der Waals surface area contributed by atoms with Crippen molar-refractivity contribution in [3.63, 3.8) is 0 Å². The molecule has 3 heteroatoms. The fraction of sp³-hybridized carbons (Fsp3) is 0.333. The number of rotatable bonds is 4. The van der Waals surface area contributed by atoms with Crippen LogP contribution in [0.25, 0.3) is 10.9 Å². The number of hydrogen-bond donors (Lipinski definition) is 3. The van der Waals surface area contributed by atoms with Gasteiger partial charge in [-0.25, -0.2) is 0 Å². The van der Waals surface area contributed by atoms with Crippen molar-refractivity contribution < 1.29 is 10.2 Å². The van der Waals surface area contributed by atoms with E-state index < -0.39 is 0 Å². The molecule has 1 heterocycles. The van der Waals surface area contributed by atoms with Crippen LogP contribution in [0, 0.1) is 5.92 Å². The smallest absolute Gasteiger partial charge is 0.0484 e. The average Bonchev–Trinajstić information content (AvgIpc) is 2.68. The van der Waals surface area contributed by atoms with Crippen molar-refractivity contribution in [1.82, 2.24) is 4.98 Å². The lowest BCUT2D eigenvalue weighted by Crippen LogP contribution is -2.14. The largest absolute Gasteiger partial charge is 0.396 e. The van der Waals surface area contributed by atoms with Gasteiger partial charge in [0.25, 0.3) is 0 Å². The van der Waals surface area contributed by atoms with Gasteiger partial charge in [0.05, 0.1) is 0 Å². The molecule has 80 valence electrons. The summed E-state index contributed by atoms with van der Waals surface area (Å²) in [5.41, 5.74) is 2.16. The third-order valence-corrected chi connectivity index (χ3v) is 2.61. The van der Waals surface area contributed by atoms with Crippen LogP contribution >= 0.6 is 0 Å². The van der Waals surface area contributed by atoms with E-state index in [0.717, 1.165) is 11.2 Å². The van der Waals surface area contributed by atoms with Crippen LogP contribution in [-0.4, -0.2) is 28.4 Å². The molecule has 0 saturated heterocycles. The number of fused-ring (bicyclic) bond motifs is 1. The summed E-state index contributed by atoms with van der Waals surface area (Å²) in [6, 6.07) is 10.1. The molecule has 0 bridgehead atoms. The summed E-state index contributed by atoms with van der Waals surface area (Å²) in [4.78, 5) is 3.27. The molecule has 0 aliphatic carbocycles. The maximum atomic E-state index is 8.99. The van der Waals surface area contributed by atoms with Gasteiger partial charge in [-0.3, -0.25) is 0 Å². The Kier molecular flexibility index (Phi) is 3.04. The highest BCUT2D eigenvalue weighted by atomic mass is 16.3. The number of para-hydroxylation sites is 1. The zero-order valence-electron chi connectivity index (χ0n) is 8.48. The van der Waals surface area contributed by atoms with Crippen molar-refractivity contribution in [3.8, 4) is 0 Å². The van der Waals surface area contributed by atoms with Gasteiger partial charge in [-0.15, -0.1) is 0 Å². The van der Waals surface area contributed by atoms with E-state index in [1.807, 2.05) is 24.3 Å². The zero-order chi connectivity index (χ0) is 10.7. The van der Waals surface area contributed by atoms with Crippen LogP contribution in [0.15, 0.2) is 30.3 Å². The Bertz CT molecular complexity index is 399. The molecule has 0 aliphatic heterocycles. The molecule has 0 radical (unpaired) electrons. The van der Waals surface area contributed by atoms with Gasteiger partial charge in [0, 0.05) is 30.3 Å². The summed E-state index contributed by atoms with van der Waals surface area (Å²) in [5, 5.41) is 19.1. The molecule has 0 spiro atoms. The highest BCUT2D eigenvalue weighted by Gasteiger charge is 2.08. The predicted molar refractivity (Wildman–Crippen MR) is 59.7 cm³/mol. The van der Waals surface area contributed by atoms with Gasteiger partial charge in [-0.1, -0.05) is 18.2 Å². The van der Waals surface area contributed by atoms with Crippen LogP contribution in [0.2, 0.25) is 0 Å². The Morgan fingerprint density at radius 3 is 2.53 bits per heavy atom. The fourth-order valence-corrected chi connectivity index (χ4v) is 1.74. The highest BCUT2D eigenvalue weighted by molar-refractivity contribution is 5.80. The number of H-pyrrole nitrogens is 1. The average molecular weight is 205 g/mol. The molecule has 3 N–H and O–H groups in total. The van der Waals surface area contributed by atoms with E-state index >= 15 is 0 Å². The molecular weight excluding hydrogens is 190 g/mol. The first-order valence-corrected chi connectivity index (χ1v) is 5.12. The summed E-state index contributed by atoms with van der Waals surface area (Å²) >= 11 is 0. The number of hydrogen-bond acceptors (Lipinski definition) is 2. The lowest BCUT2D eigenvalue weighted by Gasteiger charge is -2.08. The topological polar surface area (TPSA) is 56.2 Å². The molecule has 0 fully saturated rings. The maximum absolute atomic E-state index is 8.99. The summed E-state index contributed by atoms with van der Waals surface area (Å²) in [5.74, 6) is -0.0712. The summed E-state index contributed by atoms with van der Waals surface area (Å²) in [6.45, 7) is 0.0394. The quantitative estimate of drug-likeness (QED) is 0.705. The van der Waals surface area contributed by atoms with Crippen LogP contribution in [0.1, 0.15) is 5.69 Å². The van der Waals surface area contributed by atoms with Gasteiger partial charge in [0.15, 0.2) is 0 Å². The van der Waals surface area contributed by atoms with E-state index in [-0.39, 0.29) is 19.1 Å². The Morgan fingerprint density at radius 1 is 1.13 bits per heavy atom. The summed E-state index contributed by atoms with van der Waals surface area (Å²) in [6.07, 6.45) is 0.682. The van der Waals surface area contributed by atoms with Crippen molar-refractivity contribution in [2.24, 2.45) is 5.92 Å². The second kappa shape index (κ2) is 4.47. The maximum Gasteiger partial charge on any atom is 0.0484 e. The van der Waals surface area contributed by atoms with E-state index in [2.05, 4.69) is 11.1 Å². The van der Waals surface area contributed by atoms with E-state index in [0.29, 0.717) is 6.42 Å². The molecule has 0 amide bonds. The van der Waals surface area contributed by atoms with Crippen molar-refractivity contribution in [2.45, 2.75) is 6.42 Å². The summed E-state index contributed by atoms with van der Waals surface area (Å²) in [7, 11) is 0. The number of aliphatic hydroxyl groups is 2. The van der Waals surface area contributed by atoms with Gasteiger partial charge >= 0.3 is 0 Å². The van der Waals surface area contributed by atoms with E-state index in [9.17, 15) is 0 Å². The molecule has 2 rings (SSSR count). The second-order valence-corrected chi connectivity index (χ2v) is 3.82. The Balaban J connectivity index is 2.21. The van der Waals surface area contributed by atoms with Crippen LogP contribution < -0.4 is 0 Å². The number of aromatic amines is 1.